The van der Waals surface area contributed by atoms with E-state index >= 15 is 0 Å². The lowest BCUT2D eigenvalue weighted by atomic mass is 9.82. The number of carbonyl (C=O) groups excluding carboxylic acids is 1. The highest BCUT2D eigenvalue weighted by atomic mass is 16.5. The number of rotatable bonds is 7. The number of hydrogen-bond donors (Lipinski definition) is 1. The third-order valence-electron chi connectivity index (χ3n) is 4.96. The molecule has 2 rings (SSSR count). The summed E-state index contributed by atoms with van der Waals surface area (Å²) >= 11 is 0. The van der Waals surface area contributed by atoms with Crippen molar-refractivity contribution in [2.24, 2.45) is 11.8 Å². The van der Waals surface area contributed by atoms with Gasteiger partial charge in [-0.05, 0) is 81.8 Å². The maximum absolute atomic E-state index is 12.1. The van der Waals surface area contributed by atoms with Crippen LogP contribution in [0.25, 0.3) is 0 Å². The molecule has 1 aromatic carbocycles. The predicted octanol–water partition coefficient (Wildman–Crippen LogP) is 3.15. The van der Waals surface area contributed by atoms with Gasteiger partial charge >= 0.3 is 0 Å². The van der Waals surface area contributed by atoms with Crippen LogP contribution in [0.3, 0.4) is 0 Å². The van der Waals surface area contributed by atoms with Crippen molar-refractivity contribution in [3.8, 4) is 11.5 Å². The van der Waals surface area contributed by atoms with E-state index in [-0.39, 0.29) is 11.7 Å². The van der Waals surface area contributed by atoms with E-state index in [1.165, 1.54) is 18.4 Å². The third-order valence-corrected chi connectivity index (χ3v) is 4.96. The van der Waals surface area contributed by atoms with Crippen LogP contribution in [0.1, 0.15) is 37.3 Å². The van der Waals surface area contributed by atoms with E-state index in [2.05, 4.69) is 12.2 Å². The second-order valence-corrected chi connectivity index (χ2v) is 6.57. The molecule has 0 aliphatic carbocycles. The lowest BCUT2D eigenvalue weighted by molar-refractivity contribution is -0.121. The van der Waals surface area contributed by atoms with Crippen LogP contribution in [-0.2, 0) is 11.2 Å². The molecule has 1 aliphatic heterocycles. The van der Waals surface area contributed by atoms with E-state index in [4.69, 9.17) is 9.47 Å². The summed E-state index contributed by atoms with van der Waals surface area (Å²) in [5, 5.41) is 3.39. The first-order valence-corrected chi connectivity index (χ1v) is 8.47. The zero-order chi connectivity index (χ0) is 16.8. The number of methoxy groups -OCH3 is 2. The lowest BCUT2D eigenvalue weighted by Gasteiger charge is -2.26. The van der Waals surface area contributed by atoms with Crippen LogP contribution in [0.4, 0.5) is 0 Å². The number of piperidine rings is 1. The summed E-state index contributed by atoms with van der Waals surface area (Å²) in [6.45, 7) is 5.94. The Hall–Kier alpha value is -1.55. The van der Waals surface area contributed by atoms with E-state index in [0.29, 0.717) is 5.92 Å². The van der Waals surface area contributed by atoms with Gasteiger partial charge in [-0.3, -0.25) is 4.79 Å². The topological polar surface area (TPSA) is 47.6 Å². The Morgan fingerprint density at radius 3 is 2.39 bits per heavy atom. The molecule has 1 atom stereocenters. The number of Topliss-reactive ketones (excluding diaryl/α,β-unsaturated/α-hetero) is 1. The van der Waals surface area contributed by atoms with E-state index in [0.717, 1.165) is 43.0 Å². The van der Waals surface area contributed by atoms with Crippen molar-refractivity contribution < 1.29 is 14.3 Å². The van der Waals surface area contributed by atoms with E-state index in [1.54, 1.807) is 21.1 Å². The van der Waals surface area contributed by atoms with Crippen molar-refractivity contribution in [3.05, 3.63) is 23.3 Å². The number of nitrogens with one attached hydrogen (secondary N) is 1. The fraction of sp³-hybridized carbons (Fsp3) is 0.632. The van der Waals surface area contributed by atoms with Gasteiger partial charge in [0.15, 0.2) is 11.5 Å². The second-order valence-electron chi connectivity index (χ2n) is 6.57. The molecule has 1 heterocycles. The Morgan fingerprint density at radius 1 is 1.22 bits per heavy atom. The lowest BCUT2D eigenvalue weighted by Crippen LogP contribution is -2.30. The summed E-state index contributed by atoms with van der Waals surface area (Å²) in [5.74, 6) is 2.52. The zero-order valence-electron chi connectivity index (χ0n) is 14.8. The summed E-state index contributed by atoms with van der Waals surface area (Å²) in [7, 11) is 3.29. The zero-order valence-corrected chi connectivity index (χ0v) is 14.8. The third kappa shape index (κ3) is 4.71. The van der Waals surface area contributed by atoms with E-state index < -0.39 is 0 Å². The minimum absolute atomic E-state index is 0.0925. The molecule has 23 heavy (non-hydrogen) atoms. The Morgan fingerprint density at radius 2 is 1.83 bits per heavy atom. The van der Waals surface area contributed by atoms with Gasteiger partial charge in [0.1, 0.15) is 5.78 Å². The summed E-state index contributed by atoms with van der Waals surface area (Å²) in [5.41, 5.74) is 2.33. The molecular formula is C19H29NO3. The second kappa shape index (κ2) is 8.34. The first kappa shape index (κ1) is 17.8. The molecule has 1 N–H and O–H groups in total. The molecule has 0 spiro atoms. The van der Waals surface area contributed by atoms with Gasteiger partial charge in [-0.1, -0.05) is 0 Å². The van der Waals surface area contributed by atoms with Crippen LogP contribution in [0.5, 0.6) is 11.5 Å². The average molecular weight is 319 g/mol. The highest BCUT2D eigenvalue weighted by molar-refractivity contribution is 5.78. The van der Waals surface area contributed by atoms with Crippen molar-refractivity contribution in [1.82, 2.24) is 5.32 Å². The smallest absolute Gasteiger partial charge is 0.161 e. The highest BCUT2D eigenvalue weighted by Gasteiger charge is 2.23. The molecule has 4 nitrogen and oxygen atoms in total. The summed E-state index contributed by atoms with van der Waals surface area (Å²) < 4.78 is 10.8. The number of carbonyl (C=O) groups is 1. The average Bonchev–Trinajstić information content (AvgIpc) is 2.56. The summed E-state index contributed by atoms with van der Waals surface area (Å²) in [6.07, 6.45) is 4.12. The van der Waals surface area contributed by atoms with Crippen LogP contribution in [0.2, 0.25) is 0 Å². The number of ketones is 1. The molecule has 1 unspecified atom stereocenters. The van der Waals surface area contributed by atoms with Gasteiger partial charge in [-0.25, -0.2) is 0 Å². The quantitative estimate of drug-likeness (QED) is 0.839. The summed E-state index contributed by atoms with van der Waals surface area (Å²) in [4.78, 5) is 12.1. The van der Waals surface area contributed by atoms with Gasteiger partial charge in [-0.15, -0.1) is 0 Å². The molecule has 1 aromatic rings. The van der Waals surface area contributed by atoms with Crippen LogP contribution < -0.4 is 14.8 Å². The minimum atomic E-state index is 0.0925. The molecular weight excluding hydrogens is 290 g/mol. The first-order valence-electron chi connectivity index (χ1n) is 8.47. The molecule has 128 valence electrons. The molecule has 0 radical (unpaired) electrons. The van der Waals surface area contributed by atoms with Crippen molar-refractivity contribution in [1.29, 1.82) is 0 Å². The van der Waals surface area contributed by atoms with Gasteiger partial charge in [0, 0.05) is 5.92 Å². The first-order chi connectivity index (χ1) is 11.0. The van der Waals surface area contributed by atoms with Crippen LogP contribution in [-0.4, -0.2) is 33.1 Å². The molecule has 0 saturated carbocycles. The van der Waals surface area contributed by atoms with Gasteiger partial charge in [-0.2, -0.15) is 0 Å². The fourth-order valence-corrected chi connectivity index (χ4v) is 3.42. The molecule has 1 aliphatic rings. The molecule has 1 saturated heterocycles. The summed E-state index contributed by atoms with van der Waals surface area (Å²) in [6, 6.07) is 4.02. The standard InChI is InChI=1S/C19H29NO3/c1-13-9-18(22-3)19(23-4)12-16(13)11-17(14(2)21)10-15-5-7-20-8-6-15/h9,12,15,17,20H,5-8,10-11H2,1-4H3. The molecule has 0 aromatic heterocycles. The van der Waals surface area contributed by atoms with Gasteiger partial charge < -0.3 is 14.8 Å². The van der Waals surface area contributed by atoms with Crippen LogP contribution in [0.15, 0.2) is 12.1 Å². The molecule has 0 bridgehead atoms. The minimum Gasteiger partial charge on any atom is -0.493 e. The number of hydrogen-bond acceptors (Lipinski definition) is 4. The Balaban J connectivity index is 2.14. The molecule has 4 heteroatoms. The Kier molecular flexibility index (Phi) is 6.46. The van der Waals surface area contributed by atoms with Crippen molar-refractivity contribution >= 4 is 5.78 Å². The van der Waals surface area contributed by atoms with Gasteiger partial charge in [0.05, 0.1) is 14.2 Å². The normalized spacial score (nSPS) is 16.9. The predicted molar refractivity (Wildman–Crippen MR) is 92.4 cm³/mol. The number of aryl methyl sites for hydroxylation is 1. The monoisotopic (exact) mass is 319 g/mol. The van der Waals surface area contributed by atoms with E-state index in [1.807, 2.05) is 12.1 Å². The SMILES string of the molecule is COc1cc(C)c(CC(CC2CCNCC2)C(C)=O)cc1OC. The number of benzene rings is 1. The fourth-order valence-electron chi connectivity index (χ4n) is 3.42. The highest BCUT2D eigenvalue weighted by Crippen LogP contribution is 2.33. The van der Waals surface area contributed by atoms with Gasteiger partial charge in [0.25, 0.3) is 0 Å². The van der Waals surface area contributed by atoms with Crippen LogP contribution in [0, 0.1) is 18.8 Å². The number of ether oxygens (including phenoxy) is 2. The molecule has 0 amide bonds. The van der Waals surface area contributed by atoms with Gasteiger partial charge in [0.2, 0.25) is 0 Å². The van der Waals surface area contributed by atoms with Crippen molar-refractivity contribution in [2.45, 2.75) is 39.5 Å². The van der Waals surface area contributed by atoms with E-state index in [9.17, 15) is 4.79 Å². The van der Waals surface area contributed by atoms with Crippen molar-refractivity contribution in [2.75, 3.05) is 27.3 Å². The largest absolute Gasteiger partial charge is 0.493 e. The van der Waals surface area contributed by atoms with Crippen molar-refractivity contribution in [3.63, 3.8) is 0 Å². The maximum atomic E-state index is 12.1. The maximum Gasteiger partial charge on any atom is 0.161 e. The van der Waals surface area contributed by atoms with Crippen LogP contribution >= 0.6 is 0 Å². The molecule has 1 fully saturated rings. The Bertz CT molecular complexity index is 536. The Labute approximate surface area is 139 Å².